The second kappa shape index (κ2) is 8.69. The van der Waals surface area contributed by atoms with Crippen molar-refractivity contribution in [3.8, 4) is 11.3 Å². The van der Waals surface area contributed by atoms with Gasteiger partial charge in [0.05, 0.1) is 28.9 Å². The number of nitrogens with one attached hydrogen (secondary N) is 2. The van der Waals surface area contributed by atoms with Gasteiger partial charge in [-0.2, -0.15) is 10.2 Å². The predicted octanol–water partition coefficient (Wildman–Crippen LogP) is 4.77. The molecule has 1 amide bonds. The monoisotopic (exact) mass is 445 g/mol. The first-order valence-electron chi connectivity index (χ1n) is 8.39. The Balaban J connectivity index is 1.36. The van der Waals surface area contributed by atoms with Crippen LogP contribution in [0.3, 0.4) is 0 Å². The molecule has 0 radical (unpaired) electrons. The van der Waals surface area contributed by atoms with Gasteiger partial charge in [-0.05, 0) is 30.3 Å². The fourth-order valence-corrected chi connectivity index (χ4v) is 3.68. The molecular formula is C19H13Cl2N5O2S. The number of carbonyl (C=O) groups is 1. The van der Waals surface area contributed by atoms with Gasteiger partial charge in [-0.15, -0.1) is 0 Å². The molecule has 0 fully saturated rings. The van der Waals surface area contributed by atoms with Gasteiger partial charge in [0.1, 0.15) is 5.52 Å². The molecule has 2 heterocycles. The minimum atomic E-state index is -0.289. The molecule has 0 atom stereocenters. The molecule has 10 heteroatoms. The Hall–Kier alpha value is -2.81. The molecule has 0 saturated heterocycles. The number of amides is 1. The third-order valence-corrected chi connectivity index (χ3v) is 5.24. The van der Waals surface area contributed by atoms with E-state index in [2.05, 4.69) is 25.7 Å². The van der Waals surface area contributed by atoms with Crippen LogP contribution in [0.15, 0.2) is 63.4 Å². The molecule has 2 N–H and O–H groups in total. The smallest absolute Gasteiger partial charge is 0.257 e. The zero-order valence-electron chi connectivity index (χ0n) is 14.7. The Bertz CT molecular complexity index is 1170. The number of halogens is 2. The van der Waals surface area contributed by atoms with E-state index in [-0.39, 0.29) is 11.7 Å². The summed E-state index contributed by atoms with van der Waals surface area (Å²) in [5.74, 6) is -0.172. The molecule has 0 bridgehead atoms. The topological polar surface area (TPSA) is 96.2 Å². The summed E-state index contributed by atoms with van der Waals surface area (Å²) in [7, 11) is 0. The Morgan fingerprint density at radius 3 is 2.97 bits per heavy atom. The molecule has 0 unspecified atom stereocenters. The lowest BCUT2D eigenvalue weighted by atomic mass is 10.1. The van der Waals surface area contributed by atoms with Gasteiger partial charge in [-0.25, -0.2) is 10.4 Å². The van der Waals surface area contributed by atoms with Gasteiger partial charge in [-0.3, -0.25) is 9.89 Å². The van der Waals surface area contributed by atoms with Crippen molar-refractivity contribution < 1.29 is 9.21 Å². The van der Waals surface area contributed by atoms with Crippen LogP contribution in [0.1, 0.15) is 5.56 Å². The van der Waals surface area contributed by atoms with Gasteiger partial charge in [0, 0.05) is 16.1 Å². The summed E-state index contributed by atoms with van der Waals surface area (Å²) in [4.78, 5) is 16.3. The standard InChI is InChI=1S/C19H13Cl2N5O2S/c20-12-5-6-13(14(21)7-12)18-11(9-23-26-18)8-22-25-17(27)10-29-19-24-15-3-1-2-4-16(15)28-19/h1-9H,10H2,(H,23,26)(H,25,27)/b22-8+. The molecule has 2 aromatic heterocycles. The number of thioether (sulfide) groups is 1. The van der Waals surface area contributed by atoms with E-state index in [0.717, 1.165) is 11.1 Å². The zero-order chi connectivity index (χ0) is 20.2. The lowest BCUT2D eigenvalue weighted by Gasteiger charge is -2.03. The number of oxazole rings is 1. The minimum Gasteiger partial charge on any atom is -0.431 e. The van der Waals surface area contributed by atoms with E-state index >= 15 is 0 Å². The highest BCUT2D eigenvalue weighted by molar-refractivity contribution is 7.99. The number of aromatic nitrogens is 3. The van der Waals surface area contributed by atoms with E-state index in [0.29, 0.717) is 32.1 Å². The molecule has 0 aliphatic carbocycles. The highest BCUT2D eigenvalue weighted by Gasteiger charge is 2.11. The number of carbonyl (C=O) groups excluding carboxylic acids is 1. The first-order valence-corrected chi connectivity index (χ1v) is 10.1. The predicted molar refractivity (Wildman–Crippen MR) is 115 cm³/mol. The lowest BCUT2D eigenvalue weighted by Crippen LogP contribution is -2.19. The summed E-state index contributed by atoms with van der Waals surface area (Å²) in [6, 6.07) is 12.6. The molecule has 2 aromatic carbocycles. The molecule has 0 saturated carbocycles. The van der Waals surface area contributed by atoms with Crippen LogP contribution in [-0.4, -0.2) is 33.1 Å². The largest absolute Gasteiger partial charge is 0.431 e. The van der Waals surface area contributed by atoms with Crippen molar-refractivity contribution in [3.05, 3.63) is 64.3 Å². The number of nitrogens with zero attached hydrogens (tertiary/aromatic N) is 3. The Labute approximate surface area is 179 Å². The fraction of sp³-hybridized carbons (Fsp3) is 0.0526. The minimum absolute atomic E-state index is 0.116. The Morgan fingerprint density at radius 2 is 2.14 bits per heavy atom. The van der Waals surface area contributed by atoms with Crippen molar-refractivity contribution in [1.82, 2.24) is 20.6 Å². The van der Waals surface area contributed by atoms with Crippen LogP contribution in [0.4, 0.5) is 0 Å². The molecule has 0 aliphatic heterocycles. The molecule has 4 rings (SSSR count). The molecule has 4 aromatic rings. The van der Waals surface area contributed by atoms with Crippen molar-refractivity contribution >= 4 is 58.2 Å². The third kappa shape index (κ3) is 4.61. The molecule has 7 nitrogen and oxygen atoms in total. The van der Waals surface area contributed by atoms with Crippen LogP contribution in [0.25, 0.3) is 22.4 Å². The van der Waals surface area contributed by atoms with Crippen molar-refractivity contribution in [1.29, 1.82) is 0 Å². The third-order valence-electron chi connectivity index (χ3n) is 3.86. The zero-order valence-corrected chi connectivity index (χ0v) is 17.1. The van der Waals surface area contributed by atoms with Crippen LogP contribution >= 0.6 is 35.0 Å². The van der Waals surface area contributed by atoms with E-state index in [1.807, 2.05) is 24.3 Å². The number of para-hydroxylation sites is 2. The lowest BCUT2D eigenvalue weighted by molar-refractivity contribution is -0.118. The summed E-state index contributed by atoms with van der Waals surface area (Å²) in [5, 5.41) is 12.3. The van der Waals surface area contributed by atoms with Crippen LogP contribution in [0, 0.1) is 0 Å². The van der Waals surface area contributed by atoms with Gasteiger partial charge < -0.3 is 4.42 Å². The van der Waals surface area contributed by atoms with Gasteiger partial charge >= 0.3 is 0 Å². The Morgan fingerprint density at radius 1 is 1.28 bits per heavy atom. The molecule has 29 heavy (non-hydrogen) atoms. The SMILES string of the molecule is O=C(CSc1nc2ccccc2o1)N/N=C/c1cn[nH]c1-c1ccc(Cl)cc1Cl. The van der Waals surface area contributed by atoms with Crippen LogP contribution in [0.2, 0.25) is 10.0 Å². The molecule has 0 aliphatic rings. The second-order valence-corrected chi connectivity index (χ2v) is 7.62. The van der Waals surface area contributed by atoms with E-state index in [9.17, 15) is 4.79 Å². The first kappa shape index (κ1) is 19.5. The number of hydrazone groups is 1. The number of aromatic amines is 1. The normalized spacial score (nSPS) is 11.4. The summed E-state index contributed by atoms with van der Waals surface area (Å²) in [6.45, 7) is 0. The number of rotatable bonds is 6. The van der Waals surface area contributed by atoms with Gasteiger partial charge in [0.25, 0.3) is 11.1 Å². The number of H-pyrrole nitrogens is 1. The van der Waals surface area contributed by atoms with E-state index in [1.54, 1.807) is 24.4 Å². The number of hydrogen-bond donors (Lipinski definition) is 2. The first-order chi connectivity index (χ1) is 14.1. The second-order valence-electron chi connectivity index (χ2n) is 5.85. The van der Waals surface area contributed by atoms with Gasteiger partial charge in [-0.1, -0.05) is 47.1 Å². The van der Waals surface area contributed by atoms with E-state index in [4.69, 9.17) is 27.6 Å². The summed E-state index contributed by atoms with van der Waals surface area (Å²) in [6.07, 6.45) is 3.08. The van der Waals surface area contributed by atoms with Crippen molar-refractivity contribution in [3.63, 3.8) is 0 Å². The van der Waals surface area contributed by atoms with Crippen LogP contribution in [-0.2, 0) is 4.79 Å². The van der Waals surface area contributed by atoms with E-state index < -0.39 is 0 Å². The quantitative estimate of drug-likeness (QED) is 0.253. The van der Waals surface area contributed by atoms with Gasteiger partial charge in [0.2, 0.25) is 0 Å². The maximum absolute atomic E-state index is 12.0. The summed E-state index contributed by atoms with van der Waals surface area (Å²) >= 11 is 13.4. The average Bonchev–Trinajstić information content (AvgIpc) is 3.33. The van der Waals surface area contributed by atoms with Crippen LogP contribution in [0.5, 0.6) is 0 Å². The number of benzene rings is 2. The van der Waals surface area contributed by atoms with Crippen molar-refractivity contribution in [2.75, 3.05) is 5.75 Å². The van der Waals surface area contributed by atoms with E-state index in [1.165, 1.54) is 18.0 Å². The van der Waals surface area contributed by atoms with Crippen molar-refractivity contribution in [2.24, 2.45) is 5.10 Å². The number of hydrogen-bond acceptors (Lipinski definition) is 6. The molecular weight excluding hydrogens is 433 g/mol. The molecule has 146 valence electrons. The van der Waals surface area contributed by atoms with Crippen molar-refractivity contribution in [2.45, 2.75) is 5.22 Å². The van der Waals surface area contributed by atoms with Crippen LogP contribution < -0.4 is 5.43 Å². The summed E-state index contributed by atoms with van der Waals surface area (Å²) < 4.78 is 5.57. The molecule has 0 spiro atoms. The fourth-order valence-electron chi connectivity index (χ4n) is 2.55. The number of fused-ring (bicyclic) bond motifs is 1. The summed E-state index contributed by atoms with van der Waals surface area (Å²) in [5.41, 5.74) is 5.97. The Kier molecular flexibility index (Phi) is 5.84. The maximum atomic E-state index is 12.0. The highest BCUT2D eigenvalue weighted by atomic mass is 35.5. The highest BCUT2D eigenvalue weighted by Crippen LogP contribution is 2.30. The van der Waals surface area contributed by atoms with Gasteiger partial charge in [0.15, 0.2) is 5.58 Å². The maximum Gasteiger partial charge on any atom is 0.257 e. The average molecular weight is 446 g/mol.